The van der Waals surface area contributed by atoms with Crippen LogP contribution in [0.25, 0.3) is 0 Å². The molecule has 0 spiro atoms. The zero-order chi connectivity index (χ0) is 20.1. The lowest BCUT2D eigenvalue weighted by atomic mass is 10.1. The van der Waals surface area contributed by atoms with E-state index in [1.807, 2.05) is 26.8 Å². The summed E-state index contributed by atoms with van der Waals surface area (Å²) in [6.07, 6.45) is 3.18. The number of hydrogen-bond donors (Lipinski definition) is 0. The Labute approximate surface area is 165 Å². The van der Waals surface area contributed by atoms with Crippen LogP contribution >= 0.6 is 0 Å². The maximum Gasteiger partial charge on any atom is 0.243 e. The highest BCUT2D eigenvalue weighted by atomic mass is 32.2. The van der Waals surface area contributed by atoms with Gasteiger partial charge >= 0.3 is 0 Å². The number of aromatic nitrogens is 1. The summed E-state index contributed by atoms with van der Waals surface area (Å²) in [6, 6.07) is 12.3. The molecule has 2 heterocycles. The lowest BCUT2D eigenvalue weighted by molar-refractivity contribution is 0.335. The van der Waals surface area contributed by atoms with E-state index in [0.29, 0.717) is 18.1 Å². The smallest absolute Gasteiger partial charge is 0.243 e. The number of nitrogens with zero attached hydrogens (tertiary/aromatic N) is 2. The van der Waals surface area contributed by atoms with E-state index in [0.717, 1.165) is 16.9 Å². The predicted molar refractivity (Wildman–Crippen MR) is 106 cm³/mol. The van der Waals surface area contributed by atoms with E-state index in [4.69, 9.17) is 9.15 Å². The first-order chi connectivity index (χ1) is 13.4. The Morgan fingerprint density at radius 1 is 1.07 bits per heavy atom. The van der Waals surface area contributed by atoms with Gasteiger partial charge in [0.05, 0.1) is 36.5 Å². The van der Waals surface area contributed by atoms with Gasteiger partial charge in [-0.25, -0.2) is 8.42 Å². The van der Waals surface area contributed by atoms with Crippen molar-refractivity contribution < 1.29 is 17.6 Å². The van der Waals surface area contributed by atoms with Crippen LogP contribution in [-0.4, -0.2) is 24.3 Å². The van der Waals surface area contributed by atoms with Gasteiger partial charge in [-0.2, -0.15) is 4.31 Å². The highest BCUT2D eigenvalue weighted by Crippen LogP contribution is 2.29. The Morgan fingerprint density at radius 2 is 1.82 bits per heavy atom. The summed E-state index contributed by atoms with van der Waals surface area (Å²) in [4.78, 5) is 4.50. The highest BCUT2D eigenvalue weighted by molar-refractivity contribution is 7.89. The second kappa shape index (κ2) is 8.58. The standard InChI is InChI=1S/C21H24N2O4S/c1-4-26-21-16(2)12-20(13-17(21)3)28(24,25)23(15-19-9-7-11-27-19)14-18-8-5-6-10-22-18/h5-13H,4,14-15H2,1-3H3. The molecule has 0 N–H and O–H groups in total. The molecule has 148 valence electrons. The molecule has 0 atom stereocenters. The maximum atomic E-state index is 13.5. The molecule has 0 radical (unpaired) electrons. The van der Waals surface area contributed by atoms with Gasteiger partial charge < -0.3 is 9.15 Å². The summed E-state index contributed by atoms with van der Waals surface area (Å²) in [5.74, 6) is 1.29. The molecule has 7 heteroatoms. The van der Waals surface area contributed by atoms with Crippen molar-refractivity contribution in [2.45, 2.75) is 38.8 Å². The molecule has 1 aromatic carbocycles. The van der Waals surface area contributed by atoms with Crippen LogP contribution in [0.15, 0.2) is 64.2 Å². The topological polar surface area (TPSA) is 72.6 Å². The SMILES string of the molecule is CCOc1c(C)cc(S(=O)(=O)N(Cc2ccccn2)Cc2ccco2)cc1C. The minimum atomic E-state index is -3.77. The third-order valence-electron chi connectivity index (χ3n) is 4.34. The zero-order valence-electron chi connectivity index (χ0n) is 16.3. The van der Waals surface area contributed by atoms with Crippen molar-refractivity contribution in [1.82, 2.24) is 9.29 Å². The molecule has 2 aromatic heterocycles. The summed E-state index contributed by atoms with van der Waals surface area (Å²) >= 11 is 0. The Hall–Kier alpha value is -2.64. The highest BCUT2D eigenvalue weighted by Gasteiger charge is 2.27. The first-order valence-corrected chi connectivity index (χ1v) is 10.5. The average molecular weight is 401 g/mol. The van der Waals surface area contributed by atoms with Crippen LogP contribution in [-0.2, 0) is 23.1 Å². The first kappa shape index (κ1) is 20.1. The van der Waals surface area contributed by atoms with Crippen LogP contribution in [0.2, 0.25) is 0 Å². The second-order valence-electron chi connectivity index (χ2n) is 6.49. The largest absolute Gasteiger partial charge is 0.493 e. The van der Waals surface area contributed by atoms with Gasteiger partial charge in [-0.15, -0.1) is 0 Å². The Balaban J connectivity index is 2.00. The molecule has 3 aromatic rings. The summed E-state index contributed by atoms with van der Waals surface area (Å²) in [5, 5.41) is 0. The lowest BCUT2D eigenvalue weighted by Gasteiger charge is -2.22. The van der Waals surface area contributed by atoms with Gasteiger partial charge in [-0.05, 0) is 68.3 Å². The Bertz CT molecular complexity index is 993. The molecule has 0 amide bonds. The molecule has 0 bridgehead atoms. The van der Waals surface area contributed by atoms with E-state index in [1.54, 1.807) is 42.6 Å². The van der Waals surface area contributed by atoms with Crippen LogP contribution in [0.1, 0.15) is 29.5 Å². The van der Waals surface area contributed by atoms with E-state index in [1.165, 1.54) is 10.6 Å². The normalized spacial score (nSPS) is 11.7. The summed E-state index contributed by atoms with van der Waals surface area (Å²) in [6.45, 7) is 6.41. The molecule has 28 heavy (non-hydrogen) atoms. The van der Waals surface area contributed by atoms with Crippen LogP contribution < -0.4 is 4.74 Å². The fraction of sp³-hybridized carbons (Fsp3) is 0.286. The number of pyridine rings is 1. The van der Waals surface area contributed by atoms with Gasteiger partial charge in [0.15, 0.2) is 0 Å². The number of ether oxygens (including phenoxy) is 1. The molecule has 0 aliphatic rings. The van der Waals surface area contributed by atoms with Crippen molar-refractivity contribution in [3.63, 3.8) is 0 Å². The van der Waals surface area contributed by atoms with E-state index in [9.17, 15) is 8.42 Å². The van der Waals surface area contributed by atoms with Gasteiger partial charge in [-0.1, -0.05) is 6.07 Å². The molecular weight excluding hydrogens is 376 g/mol. The third kappa shape index (κ3) is 4.43. The van der Waals surface area contributed by atoms with Crippen molar-refractivity contribution in [3.8, 4) is 5.75 Å². The molecule has 0 aliphatic carbocycles. The molecular formula is C21H24N2O4S. The second-order valence-corrected chi connectivity index (χ2v) is 8.43. The van der Waals surface area contributed by atoms with E-state index in [-0.39, 0.29) is 18.0 Å². The minimum Gasteiger partial charge on any atom is -0.493 e. The number of rotatable bonds is 8. The van der Waals surface area contributed by atoms with Crippen molar-refractivity contribution >= 4 is 10.0 Å². The number of sulfonamides is 1. The quantitative estimate of drug-likeness (QED) is 0.570. The lowest BCUT2D eigenvalue weighted by Crippen LogP contribution is -2.30. The van der Waals surface area contributed by atoms with Gasteiger partial charge in [0, 0.05) is 6.20 Å². The molecule has 0 saturated heterocycles. The molecule has 0 aliphatic heterocycles. The van der Waals surface area contributed by atoms with E-state index < -0.39 is 10.0 Å². The van der Waals surface area contributed by atoms with Gasteiger partial charge in [0.1, 0.15) is 11.5 Å². The maximum absolute atomic E-state index is 13.5. The van der Waals surface area contributed by atoms with Crippen molar-refractivity contribution in [3.05, 3.63) is 77.5 Å². The third-order valence-corrected chi connectivity index (χ3v) is 6.11. The van der Waals surface area contributed by atoms with Crippen LogP contribution in [0.3, 0.4) is 0 Å². The molecule has 3 rings (SSSR count). The van der Waals surface area contributed by atoms with Gasteiger partial charge in [0.2, 0.25) is 10.0 Å². The van der Waals surface area contributed by atoms with Gasteiger partial charge in [0.25, 0.3) is 0 Å². The summed E-state index contributed by atoms with van der Waals surface area (Å²) in [7, 11) is -3.77. The first-order valence-electron chi connectivity index (χ1n) is 9.08. The molecule has 0 fully saturated rings. The summed E-state index contributed by atoms with van der Waals surface area (Å²) in [5.41, 5.74) is 2.24. The average Bonchev–Trinajstić information content (AvgIpc) is 3.18. The molecule has 6 nitrogen and oxygen atoms in total. The van der Waals surface area contributed by atoms with Gasteiger partial charge in [-0.3, -0.25) is 4.98 Å². The number of aryl methyl sites for hydroxylation is 2. The monoisotopic (exact) mass is 400 g/mol. The van der Waals surface area contributed by atoms with Crippen molar-refractivity contribution in [2.24, 2.45) is 0 Å². The number of hydrogen-bond acceptors (Lipinski definition) is 5. The minimum absolute atomic E-state index is 0.122. The van der Waals surface area contributed by atoms with Crippen LogP contribution in [0, 0.1) is 13.8 Å². The zero-order valence-corrected chi connectivity index (χ0v) is 17.1. The Kier molecular flexibility index (Phi) is 6.16. The Morgan fingerprint density at radius 3 is 2.39 bits per heavy atom. The van der Waals surface area contributed by atoms with Crippen molar-refractivity contribution in [2.75, 3.05) is 6.61 Å². The van der Waals surface area contributed by atoms with E-state index >= 15 is 0 Å². The van der Waals surface area contributed by atoms with Crippen LogP contribution in [0.4, 0.5) is 0 Å². The summed E-state index contributed by atoms with van der Waals surface area (Å²) < 4.78 is 39.3. The van der Waals surface area contributed by atoms with Crippen molar-refractivity contribution in [1.29, 1.82) is 0 Å². The number of furan rings is 1. The number of benzene rings is 1. The molecule has 0 unspecified atom stereocenters. The van der Waals surface area contributed by atoms with Crippen LogP contribution in [0.5, 0.6) is 5.75 Å². The van der Waals surface area contributed by atoms with E-state index in [2.05, 4.69) is 4.98 Å². The predicted octanol–water partition coefficient (Wildman–Crippen LogP) is 4.08. The fourth-order valence-electron chi connectivity index (χ4n) is 3.06. The fourth-order valence-corrected chi connectivity index (χ4v) is 4.60. The molecule has 0 saturated carbocycles.